The molecule has 8 heteroatoms. The molecule has 0 atom stereocenters. The molecule has 0 spiro atoms. The van der Waals surface area contributed by atoms with Crippen molar-refractivity contribution in [2.45, 2.75) is 30.6 Å². The molecule has 4 nitrogen and oxygen atoms in total. The second-order valence-electron chi connectivity index (χ2n) is 4.92. The Hall–Kier alpha value is -0.490. The molecule has 0 aliphatic heterocycles. The van der Waals surface area contributed by atoms with Crippen molar-refractivity contribution in [3.05, 3.63) is 27.7 Å². The molecule has 0 radical (unpaired) electrons. The molecular formula is C13H13Cl3O4S. The van der Waals surface area contributed by atoms with Gasteiger partial charge < -0.3 is 4.74 Å². The molecule has 0 saturated heterocycles. The van der Waals surface area contributed by atoms with Gasteiger partial charge in [-0.1, -0.05) is 36.0 Å². The maximum absolute atomic E-state index is 12.1. The Kier molecular flexibility index (Phi) is 5.41. The number of carbonyl (C=O) groups is 1. The van der Waals surface area contributed by atoms with E-state index in [1.807, 2.05) is 0 Å². The minimum absolute atomic E-state index is 0.0282. The van der Waals surface area contributed by atoms with Gasteiger partial charge in [0.1, 0.15) is 4.90 Å². The summed E-state index contributed by atoms with van der Waals surface area (Å²) in [4.78, 5) is 11.7. The minimum Gasteiger partial charge on any atom is -0.462 e. The van der Waals surface area contributed by atoms with Crippen LogP contribution in [0.1, 0.15) is 36.0 Å². The van der Waals surface area contributed by atoms with E-state index < -0.39 is 15.0 Å². The lowest BCUT2D eigenvalue weighted by Crippen LogP contribution is -2.13. The maximum atomic E-state index is 12.1. The maximum Gasteiger partial charge on any atom is 0.341 e. The first kappa shape index (κ1) is 16.9. The first-order valence-electron chi connectivity index (χ1n) is 6.40. The lowest BCUT2D eigenvalue weighted by molar-refractivity contribution is 0.0442. The first-order valence-corrected chi connectivity index (χ1v) is 9.47. The van der Waals surface area contributed by atoms with Crippen molar-refractivity contribution in [3.63, 3.8) is 0 Å². The Morgan fingerprint density at radius 3 is 2.43 bits per heavy atom. The summed E-state index contributed by atoms with van der Waals surface area (Å²) in [5.74, 6) is -0.398. The molecule has 1 aliphatic rings. The predicted octanol–water partition coefficient (Wildman–Crippen LogP) is 4.27. The third-order valence-corrected chi connectivity index (χ3v) is 5.63. The largest absolute Gasteiger partial charge is 0.462 e. The molecule has 0 aromatic heterocycles. The first-order chi connectivity index (χ1) is 9.80. The van der Waals surface area contributed by atoms with E-state index >= 15 is 0 Å². The molecule has 0 amide bonds. The van der Waals surface area contributed by atoms with E-state index in [0.717, 1.165) is 31.7 Å². The van der Waals surface area contributed by atoms with Crippen molar-refractivity contribution in [3.8, 4) is 0 Å². The molecule has 1 saturated carbocycles. The van der Waals surface area contributed by atoms with E-state index in [1.54, 1.807) is 0 Å². The Balaban J connectivity index is 2.23. The van der Waals surface area contributed by atoms with Gasteiger partial charge in [0.2, 0.25) is 0 Å². The molecule has 1 aliphatic carbocycles. The molecule has 0 unspecified atom stereocenters. The van der Waals surface area contributed by atoms with Crippen LogP contribution in [0.25, 0.3) is 0 Å². The van der Waals surface area contributed by atoms with Crippen LogP contribution in [0, 0.1) is 5.92 Å². The van der Waals surface area contributed by atoms with Gasteiger partial charge in [0.15, 0.2) is 0 Å². The quantitative estimate of drug-likeness (QED) is 0.586. The second-order valence-corrected chi connectivity index (χ2v) is 8.24. The number of hydrogen-bond donors (Lipinski definition) is 0. The summed E-state index contributed by atoms with van der Waals surface area (Å²) in [6.07, 6.45) is 4.29. The molecule has 2 rings (SSSR count). The van der Waals surface area contributed by atoms with Gasteiger partial charge in [0.25, 0.3) is 9.05 Å². The summed E-state index contributed by atoms with van der Waals surface area (Å²) < 4.78 is 28.0. The topological polar surface area (TPSA) is 60.4 Å². The number of esters is 1. The van der Waals surface area contributed by atoms with Crippen molar-refractivity contribution in [2.24, 2.45) is 5.92 Å². The Bertz CT molecular complexity index is 652. The van der Waals surface area contributed by atoms with Gasteiger partial charge in [-0.2, -0.15) is 0 Å². The molecule has 116 valence electrons. The second kappa shape index (κ2) is 6.73. The molecule has 1 aromatic rings. The number of carbonyl (C=O) groups excluding carboxylic acids is 1. The van der Waals surface area contributed by atoms with Gasteiger partial charge in [-0.05, 0) is 30.9 Å². The van der Waals surface area contributed by atoms with Crippen LogP contribution in [0.5, 0.6) is 0 Å². The fourth-order valence-corrected chi connectivity index (χ4v) is 4.23. The minimum atomic E-state index is -4.06. The standard InChI is InChI=1S/C13H13Cl3O4S/c14-9-5-6-10(21(16,18)19)12(15)11(9)13(17)20-7-8-3-1-2-4-8/h5-6,8H,1-4,7H2. The van der Waals surface area contributed by atoms with E-state index in [-0.39, 0.29) is 27.1 Å². The number of ether oxygens (including phenoxy) is 1. The summed E-state index contributed by atoms with van der Waals surface area (Å²) in [6.45, 7) is 0.281. The fourth-order valence-electron chi connectivity index (χ4n) is 2.35. The lowest BCUT2D eigenvalue weighted by Gasteiger charge is -2.12. The lowest BCUT2D eigenvalue weighted by atomic mass is 10.1. The fraction of sp³-hybridized carbons (Fsp3) is 0.462. The van der Waals surface area contributed by atoms with Gasteiger partial charge in [-0.15, -0.1) is 0 Å². The van der Waals surface area contributed by atoms with Gasteiger partial charge in [0.05, 0.1) is 22.2 Å². The zero-order chi connectivity index (χ0) is 15.6. The average Bonchev–Trinajstić information content (AvgIpc) is 2.87. The molecule has 0 heterocycles. The predicted molar refractivity (Wildman–Crippen MR) is 81.7 cm³/mol. The molecule has 0 N–H and O–H groups in total. The van der Waals surface area contributed by atoms with Gasteiger partial charge in [-0.3, -0.25) is 0 Å². The molecule has 1 fully saturated rings. The average molecular weight is 372 g/mol. The van der Waals surface area contributed by atoms with E-state index in [0.29, 0.717) is 5.92 Å². The number of benzene rings is 1. The van der Waals surface area contributed by atoms with Gasteiger partial charge in [-0.25, -0.2) is 13.2 Å². The van der Waals surface area contributed by atoms with Crippen molar-refractivity contribution in [2.75, 3.05) is 6.61 Å². The van der Waals surface area contributed by atoms with E-state index in [4.69, 9.17) is 38.6 Å². The van der Waals surface area contributed by atoms with Crippen molar-refractivity contribution in [1.29, 1.82) is 0 Å². The summed E-state index contributed by atoms with van der Waals surface area (Å²) in [5.41, 5.74) is -0.168. The van der Waals surface area contributed by atoms with Crippen LogP contribution in [-0.4, -0.2) is 21.0 Å². The van der Waals surface area contributed by atoms with E-state index in [2.05, 4.69) is 0 Å². The van der Waals surface area contributed by atoms with Crippen molar-refractivity contribution in [1.82, 2.24) is 0 Å². The van der Waals surface area contributed by atoms with Crippen LogP contribution in [0.3, 0.4) is 0 Å². The number of halogens is 3. The van der Waals surface area contributed by atoms with Crippen LogP contribution >= 0.6 is 33.9 Å². The third-order valence-electron chi connectivity index (χ3n) is 3.45. The summed E-state index contributed by atoms with van der Waals surface area (Å²) in [7, 11) is 1.20. The third kappa shape index (κ3) is 4.03. The normalized spacial score (nSPS) is 16.1. The number of rotatable bonds is 4. The smallest absolute Gasteiger partial charge is 0.341 e. The highest BCUT2D eigenvalue weighted by Crippen LogP contribution is 2.33. The van der Waals surface area contributed by atoms with E-state index in [1.165, 1.54) is 6.07 Å². The highest BCUT2D eigenvalue weighted by Gasteiger charge is 2.25. The van der Waals surface area contributed by atoms with Gasteiger partial charge in [0, 0.05) is 10.7 Å². The van der Waals surface area contributed by atoms with Crippen molar-refractivity contribution >= 4 is 48.9 Å². The van der Waals surface area contributed by atoms with Crippen LogP contribution in [0.4, 0.5) is 0 Å². The monoisotopic (exact) mass is 370 g/mol. The summed E-state index contributed by atoms with van der Waals surface area (Å²) in [6, 6.07) is 2.41. The molecule has 0 bridgehead atoms. The Labute approximate surface area is 137 Å². The molecular weight excluding hydrogens is 359 g/mol. The SMILES string of the molecule is O=C(OCC1CCCC1)c1c(Cl)ccc(S(=O)(=O)Cl)c1Cl. The van der Waals surface area contributed by atoms with Crippen LogP contribution in [-0.2, 0) is 13.8 Å². The number of hydrogen-bond acceptors (Lipinski definition) is 4. The highest BCUT2D eigenvalue weighted by atomic mass is 35.7. The van der Waals surface area contributed by atoms with Crippen LogP contribution in [0.15, 0.2) is 17.0 Å². The van der Waals surface area contributed by atoms with Crippen LogP contribution < -0.4 is 0 Å². The van der Waals surface area contributed by atoms with E-state index in [9.17, 15) is 13.2 Å². The molecule has 1 aromatic carbocycles. The van der Waals surface area contributed by atoms with Crippen LogP contribution in [0.2, 0.25) is 10.0 Å². The summed E-state index contributed by atoms with van der Waals surface area (Å²) in [5, 5.41) is -0.283. The molecule has 21 heavy (non-hydrogen) atoms. The Morgan fingerprint density at radius 2 is 1.86 bits per heavy atom. The highest BCUT2D eigenvalue weighted by molar-refractivity contribution is 8.13. The zero-order valence-electron chi connectivity index (χ0n) is 10.9. The van der Waals surface area contributed by atoms with Gasteiger partial charge >= 0.3 is 5.97 Å². The zero-order valence-corrected chi connectivity index (χ0v) is 14.0. The van der Waals surface area contributed by atoms with Crippen molar-refractivity contribution < 1.29 is 17.9 Å². The summed E-state index contributed by atoms with van der Waals surface area (Å²) >= 11 is 11.9. The Morgan fingerprint density at radius 1 is 1.24 bits per heavy atom.